The van der Waals surface area contributed by atoms with Gasteiger partial charge in [0.05, 0.1) is 37.4 Å². The normalized spacial score (nSPS) is 10.9. The van der Waals surface area contributed by atoms with Crippen molar-refractivity contribution >= 4 is 29.0 Å². The average molecular weight is 372 g/mol. The van der Waals surface area contributed by atoms with Gasteiger partial charge in [0.2, 0.25) is 5.91 Å². The smallest absolute Gasteiger partial charge is 0.257 e. The molecule has 8 heteroatoms. The van der Waals surface area contributed by atoms with Crippen LogP contribution in [0.2, 0.25) is 0 Å². The van der Waals surface area contributed by atoms with E-state index in [0.717, 1.165) is 0 Å². The van der Waals surface area contributed by atoms with E-state index in [1.165, 1.54) is 26.5 Å². The minimum atomic E-state index is -0.637. The molecule has 1 aromatic carbocycles. The second-order valence-electron chi connectivity index (χ2n) is 6.88. The molecule has 0 aliphatic heterocycles. The number of anilines is 3. The molecule has 2 amide bonds. The fraction of sp³-hybridized carbons (Fsp3) is 0.316. The number of nitrogens with two attached hydrogens (primary N) is 1. The van der Waals surface area contributed by atoms with Gasteiger partial charge in [-0.3, -0.25) is 9.59 Å². The first kappa shape index (κ1) is 20.0. The summed E-state index contributed by atoms with van der Waals surface area (Å²) in [6.07, 6.45) is 1.45. The summed E-state index contributed by atoms with van der Waals surface area (Å²) < 4.78 is 10.6. The molecule has 0 atom stereocenters. The Morgan fingerprint density at radius 2 is 1.67 bits per heavy atom. The molecule has 2 aromatic rings. The summed E-state index contributed by atoms with van der Waals surface area (Å²) in [7, 11) is 2.95. The van der Waals surface area contributed by atoms with Crippen molar-refractivity contribution in [3.8, 4) is 11.5 Å². The number of amides is 2. The molecule has 0 saturated heterocycles. The Labute approximate surface area is 158 Å². The van der Waals surface area contributed by atoms with E-state index >= 15 is 0 Å². The zero-order valence-corrected chi connectivity index (χ0v) is 16.0. The number of rotatable bonds is 5. The van der Waals surface area contributed by atoms with Crippen molar-refractivity contribution in [3.05, 3.63) is 36.0 Å². The Morgan fingerprint density at radius 1 is 1.04 bits per heavy atom. The van der Waals surface area contributed by atoms with Crippen LogP contribution < -0.4 is 25.8 Å². The number of nitrogens with zero attached hydrogens (tertiary/aromatic N) is 1. The molecule has 1 heterocycles. The van der Waals surface area contributed by atoms with E-state index in [1.54, 1.807) is 39.0 Å². The van der Waals surface area contributed by atoms with Crippen molar-refractivity contribution in [3.63, 3.8) is 0 Å². The fourth-order valence-electron chi connectivity index (χ4n) is 2.16. The molecule has 0 aliphatic carbocycles. The van der Waals surface area contributed by atoms with Crippen LogP contribution in [0.15, 0.2) is 30.5 Å². The topological polar surface area (TPSA) is 116 Å². The molecule has 0 aliphatic rings. The summed E-state index contributed by atoms with van der Waals surface area (Å²) in [5.41, 5.74) is 5.93. The Morgan fingerprint density at radius 3 is 2.19 bits per heavy atom. The zero-order chi connectivity index (χ0) is 20.2. The van der Waals surface area contributed by atoms with Gasteiger partial charge in [0.25, 0.3) is 5.91 Å². The molecular formula is C19H24N4O4. The van der Waals surface area contributed by atoms with Gasteiger partial charge in [0.1, 0.15) is 5.82 Å². The van der Waals surface area contributed by atoms with Crippen LogP contribution >= 0.6 is 0 Å². The maximum atomic E-state index is 12.8. The fourth-order valence-corrected chi connectivity index (χ4v) is 2.16. The van der Waals surface area contributed by atoms with Gasteiger partial charge in [0, 0.05) is 11.5 Å². The lowest BCUT2D eigenvalue weighted by atomic mass is 9.95. The SMILES string of the molecule is COc1cc(NC(=O)C(C)(C)C)c(C(=O)Nc2ccc(N)nc2)cc1OC. The highest BCUT2D eigenvalue weighted by Gasteiger charge is 2.25. The van der Waals surface area contributed by atoms with E-state index in [0.29, 0.717) is 28.7 Å². The van der Waals surface area contributed by atoms with E-state index in [4.69, 9.17) is 15.2 Å². The first-order valence-corrected chi connectivity index (χ1v) is 8.26. The number of carbonyl (C=O) groups excluding carboxylic acids is 2. The molecule has 144 valence electrons. The number of hydrogen-bond acceptors (Lipinski definition) is 6. The highest BCUT2D eigenvalue weighted by molar-refractivity contribution is 6.11. The first-order chi connectivity index (χ1) is 12.7. The molecule has 1 aromatic heterocycles. The van der Waals surface area contributed by atoms with Crippen molar-refractivity contribution in [2.75, 3.05) is 30.6 Å². The number of aromatic nitrogens is 1. The molecule has 27 heavy (non-hydrogen) atoms. The lowest BCUT2D eigenvalue weighted by Crippen LogP contribution is -2.29. The van der Waals surface area contributed by atoms with Gasteiger partial charge in [-0.1, -0.05) is 20.8 Å². The summed E-state index contributed by atoms with van der Waals surface area (Å²) >= 11 is 0. The Kier molecular flexibility index (Phi) is 5.89. The number of hydrogen-bond donors (Lipinski definition) is 3. The van der Waals surface area contributed by atoms with E-state index in [1.807, 2.05) is 0 Å². The van der Waals surface area contributed by atoms with Crippen LogP contribution in [0.5, 0.6) is 11.5 Å². The molecule has 0 fully saturated rings. The molecular weight excluding hydrogens is 348 g/mol. The van der Waals surface area contributed by atoms with E-state index in [9.17, 15) is 9.59 Å². The number of nitrogen functional groups attached to an aromatic ring is 1. The summed E-state index contributed by atoms with van der Waals surface area (Å²) in [6, 6.07) is 6.27. The number of nitrogens with one attached hydrogen (secondary N) is 2. The maximum Gasteiger partial charge on any atom is 0.257 e. The van der Waals surface area contributed by atoms with Gasteiger partial charge in [-0.15, -0.1) is 0 Å². The van der Waals surface area contributed by atoms with Crippen LogP contribution in [0, 0.1) is 5.41 Å². The second-order valence-corrected chi connectivity index (χ2v) is 6.88. The van der Waals surface area contributed by atoms with Crippen LogP contribution in [-0.2, 0) is 4.79 Å². The molecule has 0 radical (unpaired) electrons. The molecule has 0 unspecified atom stereocenters. The average Bonchev–Trinajstić information content (AvgIpc) is 2.62. The molecule has 8 nitrogen and oxygen atoms in total. The third-order valence-corrected chi connectivity index (χ3v) is 3.74. The Hall–Kier alpha value is -3.29. The van der Waals surface area contributed by atoms with Crippen LogP contribution in [0.3, 0.4) is 0 Å². The first-order valence-electron chi connectivity index (χ1n) is 8.26. The van der Waals surface area contributed by atoms with Gasteiger partial charge in [0.15, 0.2) is 11.5 Å². The molecule has 2 rings (SSSR count). The Bertz CT molecular complexity index is 842. The van der Waals surface area contributed by atoms with E-state index in [2.05, 4.69) is 15.6 Å². The summed E-state index contributed by atoms with van der Waals surface area (Å²) in [4.78, 5) is 29.2. The number of benzene rings is 1. The van der Waals surface area contributed by atoms with E-state index < -0.39 is 11.3 Å². The Balaban J connectivity index is 2.43. The maximum absolute atomic E-state index is 12.8. The van der Waals surface area contributed by atoms with Gasteiger partial charge >= 0.3 is 0 Å². The monoisotopic (exact) mass is 372 g/mol. The van der Waals surface area contributed by atoms with Crippen LogP contribution in [0.4, 0.5) is 17.2 Å². The lowest BCUT2D eigenvalue weighted by Gasteiger charge is -2.20. The summed E-state index contributed by atoms with van der Waals surface area (Å²) in [6.45, 7) is 5.34. The lowest BCUT2D eigenvalue weighted by molar-refractivity contribution is -0.123. The van der Waals surface area contributed by atoms with Gasteiger partial charge in [-0.05, 0) is 18.2 Å². The summed E-state index contributed by atoms with van der Waals surface area (Å²) in [5.74, 6) is 0.432. The number of carbonyl (C=O) groups is 2. The molecule has 4 N–H and O–H groups in total. The third-order valence-electron chi connectivity index (χ3n) is 3.74. The van der Waals surface area contributed by atoms with Crippen molar-refractivity contribution in [1.29, 1.82) is 0 Å². The van der Waals surface area contributed by atoms with Crippen LogP contribution in [-0.4, -0.2) is 31.0 Å². The number of ether oxygens (including phenoxy) is 2. The third kappa shape index (κ3) is 4.87. The van der Waals surface area contributed by atoms with Gasteiger partial charge < -0.3 is 25.8 Å². The van der Waals surface area contributed by atoms with Gasteiger partial charge in [-0.25, -0.2) is 4.98 Å². The predicted octanol–water partition coefficient (Wildman–Crippen LogP) is 2.92. The van der Waals surface area contributed by atoms with Crippen molar-refractivity contribution < 1.29 is 19.1 Å². The largest absolute Gasteiger partial charge is 0.493 e. The zero-order valence-electron chi connectivity index (χ0n) is 16.0. The van der Waals surface area contributed by atoms with E-state index in [-0.39, 0.29) is 11.5 Å². The van der Waals surface area contributed by atoms with Crippen LogP contribution in [0.25, 0.3) is 0 Å². The molecule has 0 saturated carbocycles. The molecule has 0 bridgehead atoms. The molecule has 0 spiro atoms. The quantitative estimate of drug-likeness (QED) is 0.743. The standard InChI is InChI=1S/C19H24N4O4/c1-19(2,3)18(25)23-13-9-15(27-5)14(26-4)8-12(13)17(24)22-11-6-7-16(20)21-10-11/h6-10H,1-5H3,(H2,20,21)(H,22,24)(H,23,25). The number of methoxy groups -OCH3 is 2. The minimum absolute atomic E-state index is 0.224. The van der Waals surface area contributed by atoms with Crippen molar-refractivity contribution in [1.82, 2.24) is 4.98 Å². The second kappa shape index (κ2) is 7.94. The van der Waals surface area contributed by atoms with Crippen molar-refractivity contribution in [2.45, 2.75) is 20.8 Å². The minimum Gasteiger partial charge on any atom is -0.493 e. The number of pyridine rings is 1. The highest BCUT2D eigenvalue weighted by Crippen LogP contribution is 2.34. The summed E-state index contributed by atoms with van der Waals surface area (Å²) in [5, 5.41) is 5.50. The van der Waals surface area contributed by atoms with Crippen molar-refractivity contribution in [2.24, 2.45) is 5.41 Å². The predicted molar refractivity (Wildman–Crippen MR) is 104 cm³/mol. The highest BCUT2D eigenvalue weighted by atomic mass is 16.5. The van der Waals surface area contributed by atoms with Gasteiger partial charge in [-0.2, -0.15) is 0 Å². The van der Waals surface area contributed by atoms with Crippen LogP contribution in [0.1, 0.15) is 31.1 Å².